The molecule has 0 spiro atoms. The van der Waals surface area contributed by atoms with Gasteiger partial charge in [0, 0.05) is 18.8 Å². The van der Waals surface area contributed by atoms with Crippen molar-refractivity contribution in [2.75, 3.05) is 18.4 Å². The number of ether oxygens (including phenoxy) is 1. The monoisotopic (exact) mass is 323 g/mol. The summed E-state index contributed by atoms with van der Waals surface area (Å²) in [7, 11) is 0. The maximum atomic E-state index is 11.5. The molecule has 0 saturated carbocycles. The predicted octanol–water partition coefficient (Wildman–Crippen LogP) is 1.42. The number of alkyl carbamates (subject to hydrolysis) is 1. The number of nitrogens with two attached hydrogens (primary N) is 1. The van der Waals surface area contributed by atoms with Gasteiger partial charge in [-0.15, -0.1) is 0 Å². The highest BCUT2D eigenvalue weighted by Gasteiger charge is 2.16. The van der Waals surface area contributed by atoms with E-state index in [9.17, 15) is 14.4 Å². The van der Waals surface area contributed by atoms with Crippen molar-refractivity contribution in [3.63, 3.8) is 0 Å². The van der Waals surface area contributed by atoms with Gasteiger partial charge in [0.25, 0.3) is 5.91 Å². The third-order valence-electron chi connectivity index (χ3n) is 2.64. The van der Waals surface area contributed by atoms with E-state index in [2.05, 4.69) is 10.6 Å². The van der Waals surface area contributed by atoms with Crippen molar-refractivity contribution in [1.29, 1.82) is 0 Å². The Hall–Kier alpha value is -2.77. The first-order valence-corrected chi connectivity index (χ1v) is 6.98. The summed E-state index contributed by atoms with van der Waals surface area (Å²) in [4.78, 5) is 33.8. The third kappa shape index (κ3) is 6.25. The summed E-state index contributed by atoms with van der Waals surface area (Å²) >= 11 is 0. The van der Waals surface area contributed by atoms with E-state index in [1.165, 1.54) is 18.2 Å². The van der Waals surface area contributed by atoms with Crippen molar-refractivity contribution < 1.29 is 24.2 Å². The van der Waals surface area contributed by atoms with Gasteiger partial charge < -0.3 is 26.2 Å². The smallest absolute Gasteiger partial charge is 0.407 e. The lowest BCUT2D eigenvalue weighted by molar-refractivity contribution is 0.0529. The summed E-state index contributed by atoms with van der Waals surface area (Å²) in [5.74, 6) is -1.79. The molecule has 0 aliphatic rings. The lowest BCUT2D eigenvalue weighted by Crippen LogP contribution is -2.35. The average Bonchev–Trinajstić information content (AvgIpc) is 2.41. The Balaban J connectivity index is 2.63. The van der Waals surface area contributed by atoms with E-state index in [1.54, 1.807) is 20.8 Å². The van der Waals surface area contributed by atoms with Gasteiger partial charge in [0.1, 0.15) is 5.60 Å². The minimum Gasteiger partial charge on any atom is -0.478 e. The minimum absolute atomic E-state index is 0.0256. The number of amides is 2. The molecule has 2 amide bonds. The van der Waals surface area contributed by atoms with E-state index < -0.39 is 23.6 Å². The molecule has 0 aliphatic heterocycles. The average molecular weight is 323 g/mol. The van der Waals surface area contributed by atoms with Crippen molar-refractivity contribution in [2.45, 2.75) is 26.4 Å². The van der Waals surface area contributed by atoms with Crippen LogP contribution >= 0.6 is 0 Å². The van der Waals surface area contributed by atoms with Gasteiger partial charge in [-0.2, -0.15) is 0 Å². The molecule has 23 heavy (non-hydrogen) atoms. The van der Waals surface area contributed by atoms with Crippen LogP contribution in [0.15, 0.2) is 18.2 Å². The van der Waals surface area contributed by atoms with Gasteiger partial charge in [0.2, 0.25) is 0 Å². The molecule has 1 rings (SSSR count). The Morgan fingerprint density at radius 3 is 2.39 bits per heavy atom. The molecular formula is C15H21N3O5. The zero-order valence-corrected chi connectivity index (χ0v) is 13.3. The second-order valence-electron chi connectivity index (χ2n) is 5.79. The van der Waals surface area contributed by atoms with Gasteiger partial charge in [-0.1, -0.05) is 0 Å². The summed E-state index contributed by atoms with van der Waals surface area (Å²) < 4.78 is 5.07. The third-order valence-corrected chi connectivity index (χ3v) is 2.64. The van der Waals surface area contributed by atoms with Crippen LogP contribution in [-0.2, 0) is 4.74 Å². The SMILES string of the molecule is CC(C)(C)OC(=O)NCCNc1cc(C(=O)O)ccc1C(N)=O. The lowest BCUT2D eigenvalue weighted by Gasteiger charge is -2.19. The Morgan fingerprint density at radius 1 is 1.22 bits per heavy atom. The Bertz CT molecular complexity index is 608. The van der Waals surface area contributed by atoms with E-state index >= 15 is 0 Å². The quantitative estimate of drug-likeness (QED) is 0.586. The molecule has 126 valence electrons. The van der Waals surface area contributed by atoms with Crippen LogP contribution in [0, 0.1) is 0 Å². The molecular weight excluding hydrogens is 302 g/mol. The zero-order chi connectivity index (χ0) is 17.6. The highest BCUT2D eigenvalue weighted by Crippen LogP contribution is 2.17. The van der Waals surface area contributed by atoms with Crippen LogP contribution in [0.2, 0.25) is 0 Å². The number of anilines is 1. The van der Waals surface area contributed by atoms with Crippen LogP contribution in [0.4, 0.5) is 10.5 Å². The number of carboxylic acids is 1. The molecule has 8 heteroatoms. The van der Waals surface area contributed by atoms with Crippen LogP contribution in [-0.4, -0.2) is 41.8 Å². The summed E-state index contributed by atoms with van der Waals surface area (Å²) in [5, 5.41) is 14.4. The van der Waals surface area contributed by atoms with Crippen molar-refractivity contribution >= 4 is 23.7 Å². The Labute approximate surface area is 134 Å². The molecule has 0 aromatic heterocycles. The summed E-state index contributed by atoms with van der Waals surface area (Å²) in [6.07, 6.45) is -0.561. The van der Waals surface area contributed by atoms with Gasteiger partial charge in [-0.05, 0) is 39.0 Å². The summed E-state index contributed by atoms with van der Waals surface area (Å²) in [5.41, 5.74) is 5.15. The number of carbonyl (C=O) groups excluding carboxylic acids is 2. The van der Waals surface area contributed by atoms with Gasteiger partial charge in [0.15, 0.2) is 0 Å². The van der Waals surface area contributed by atoms with Crippen molar-refractivity contribution in [1.82, 2.24) is 5.32 Å². The Kier molecular flexibility index (Phi) is 5.94. The molecule has 0 fully saturated rings. The standard InChI is InChI=1S/C15H21N3O5/c1-15(2,3)23-14(22)18-7-6-17-11-8-9(13(20)21)4-5-10(11)12(16)19/h4-5,8,17H,6-7H2,1-3H3,(H2,16,19)(H,18,22)(H,20,21). The highest BCUT2D eigenvalue weighted by atomic mass is 16.6. The van der Waals surface area contributed by atoms with Crippen LogP contribution in [0.5, 0.6) is 0 Å². The number of benzene rings is 1. The second kappa shape index (κ2) is 7.48. The largest absolute Gasteiger partial charge is 0.478 e. The number of hydrogen-bond donors (Lipinski definition) is 4. The van der Waals surface area contributed by atoms with Gasteiger partial charge in [-0.25, -0.2) is 9.59 Å². The van der Waals surface area contributed by atoms with Crippen molar-refractivity contribution in [3.8, 4) is 0 Å². The number of nitrogens with one attached hydrogen (secondary N) is 2. The molecule has 0 saturated heterocycles. The molecule has 1 aromatic rings. The topological polar surface area (TPSA) is 131 Å². The highest BCUT2D eigenvalue weighted by molar-refractivity contribution is 6.00. The minimum atomic E-state index is -1.11. The number of rotatable bonds is 6. The molecule has 8 nitrogen and oxygen atoms in total. The van der Waals surface area contributed by atoms with Crippen LogP contribution in [0.1, 0.15) is 41.5 Å². The summed E-state index contributed by atoms with van der Waals surface area (Å²) in [6, 6.07) is 3.96. The predicted molar refractivity (Wildman–Crippen MR) is 84.6 cm³/mol. The van der Waals surface area contributed by atoms with Crippen LogP contribution in [0.3, 0.4) is 0 Å². The normalized spacial score (nSPS) is 10.7. The first-order chi connectivity index (χ1) is 10.6. The lowest BCUT2D eigenvalue weighted by atomic mass is 10.1. The zero-order valence-electron chi connectivity index (χ0n) is 13.3. The van der Waals surface area contributed by atoms with E-state index in [1.807, 2.05) is 0 Å². The van der Waals surface area contributed by atoms with Crippen LogP contribution < -0.4 is 16.4 Å². The Morgan fingerprint density at radius 2 is 1.87 bits per heavy atom. The molecule has 0 atom stereocenters. The van der Waals surface area contributed by atoms with E-state index in [-0.39, 0.29) is 24.2 Å². The molecule has 0 radical (unpaired) electrons. The number of primary amides is 1. The van der Waals surface area contributed by atoms with Gasteiger partial charge >= 0.3 is 12.1 Å². The first-order valence-electron chi connectivity index (χ1n) is 6.98. The van der Waals surface area contributed by atoms with Gasteiger partial charge in [0.05, 0.1) is 11.1 Å². The van der Waals surface area contributed by atoms with Gasteiger partial charge in [-0.3, -0.25) is 4.79 Å². The maximum absolute atomic E-state index is 11.5. The number of carboxylic acid groups (broad SMARTS) is 1. The number of aromatic carboxylic acids is 1. The molecule has 0 heterocycles. The van der Waals surface area contributed by atoms with E-state index in [0.717, 1.165) is 0 Å². The van der Waals surface area contributed by atoms with E-state index in [4.69, 9.17) is 15.6 Å². The molecule has 5 N–H and O–H groups in total. The summed E-state index contributed by atoms with van der Waals surface area (Å²) in [6.45, 7) is 5.75. The molecule has 0 aliphatic carbocycles. The number of hydrogen-bond acceptors (Lipinski definition) is 5. The maximum Gasteiger partial charge on any atom is 0.407 e. The fourth-order valence-electron chi connectivity index (χ4n) is 1.71. The fourth-order valence-corrected chi connectivity index (χ4v) is 1.71. The molecule has 0 unspecified atom stereocenters. The van der Waals surface area contributed by atoms with Crippen molar-refractivity contribution in [3.05, 3.63) is 29.3 Å². The van der Waals surface area contributed by atoms with E-state index in [0.29, 0.717) is 5.69 Å². The number of carbonyl (C=O) groups is 3. The molecule has 1 aromatic carbocycles. The molecule has 0 bridgehead atoms. The van der Waals surface area contributed by atoms with Crippen molar-refractivity contribution in [2.24, 2.45) is 5.73 Å². The first kappa shape index (κ1) is 18.3. The fraction of sp³-hybridized carbons (Fsp3) is 0.400. The second-order valence-corrected chi connectivity index (χ2v) is 5.79. The van der Waals surface area contributed by atoms with Crippen LogP contribution in [0.25, 0.3) is 0 Å².